The Morgan fingerprint density at radius 3 is 2.60 bits per heavy atom. The van der Waals surface area contributed by atoms with E-state index < -0.39 is 0 Å². The lowest BCUT2D eigenvalue weighted by Gasteiger charge is -2.34. The molecule has 5 nitrogen and oxygen atoms in total. The number of nitrogens with zero attached hydrogens (tertiary/aromatic N) is 4. The van der Waals surface area contributed by atoms with E-state index in [9.17, 15) is 5.26 Å². The molecular weight excluding hydrogens is 310 g/mol. The van der Waals surface area contributed by atoms with Crippen LogP contribution in [0.1, 0.15) is 35.7 Å². The van der Waals surface area contributed by atoms with Gasteiger partial charge in [0, 0.05) is 55.1 Å². The summed E-state index contributed by atoms with van der Waals surface area (Å²) in [6, 6.07) is 11.5. The van der Waals surface area contributed by atoms with Crippen LogP contribution in [0.4, 0.5) is 11.5 Å². The number of hydrogen-bond donors (Lipinski definition) is 1. The normalized spacial score (nSPS) is 21.7. The second-order valence-corrected chi connectivity index (χ2v) is 7.28. The molecule has 1 aromatic heterocycles. The third-order valence-corrected chi connectivity index (χ3v) is 5.73. The highest BCUT2D eigenvalue weighted by Crippen LogP contribution is 2.47. The van der Waals surface area contributed by atoms with Crippen molar-refractivity contribution in [3.8, 4) is 17.2 Å². The molecule has 0 saturated carbocycles. The van der Waals surface area contributed by atoms with E-state index in [-0.39, 0.29) is 0 Å². The van der Waals surface area contributed by atoms with Crippen molar-refractivity contribution in [3.63, 3.8) is 0 Å². The van der Waals surface area contributed by atoms with E-state index in [1.54, 1.807) is 0 Å². The number of nitrogen functional groups attached to an aromatic ring is 1. The number of likely N-dealkylation sites (N-methyl/N-ethyl adjacent to an activating group) is 1. The highest BCUT2D eigenvalue weighted by atomic mass is 15.2. The van der Waals surface area contributed by atoms with E-state index >= 15 is 0 Å². The fraction of sp³-hybridized carbons (Fsp3) is 0.400. The van der Waals surface area contributed by atoms with Crippen molar-refractivity contribution in [3.05, 3.63) is 41.1 Å². The highest BCUT2D eigenvalue weighted by Gasteiger charge is 2.40. The second-order valence-electron chi connectivity index (χ2n) is 7.28. The number of hydrogen-bond acceptors (Lipinski definition) is 5. The van der Waals surface area contributed by atoms with E-state index in [2.05, 4.69) is 52.2 Å². The first-order valence-corrected chi connectivity index (χ1v) is 8.73. The lowest BCUT2D eigenvalue weighted by atomic mass is 9.87. The van der Waals surface area contributed by atoms with Crippen LogP contribution in [0, 0.1) is 11.3 Å². The van der Waals surface area contributed by atoms with Gasteiger partial charge in [0.2, 0.25) is 0 Å². The predicted molar refractivity (Wildman–Crippen MR) is 100 cm³/mol. The Kier molecular flexibility index (Phi) is 3.66. The first-order chi connectivity index (χ1) is 12.0. The number of aromatic nitrogens is 1. The lowest BCUT2D eigenvalue weighted by Crippen LogP contribution is -2.35. The Morgan fingerprint density at radius 2 is 1.96 bits per heavy atom. The van der Waals surface area contributed by atoms with E-state index in [4.69, 9.17) is 5.73 Å². The van der Waals surface area contributed by atoms with Gasteiger partial charge in [-0.15, -0.1) is 0 Å². The van der Waals surface area contributed by atoms with Crippen LogP contribution in [-0.2, 0) is 6.42 Å². The van der Waals surface area contributed by atoms with Crippen LogP contribution in [0.2, 0.25) is 0 Å². The number of nitriles is 1. The van der Waals surface area contributed by atoms with Gasteiger partial charge in [-0.3, -0.25) is 4.90 Å². The fourth-order valence-corrected chi connectivity index (χ4v) is 4.35. The topological polar surface area (TPSA) is 69.2 Å². The van der Waals surface area contributed by atoms with Crippen molar-refractivity contribution in [1.82, 2.24) is 9.88 Å². The molecule has 2 aliphatic rings. The Morgan fingerprint density at radius 1 is 1.24 bits per heavy atom. The molecule has 0 spiro atoms. The number of rotatable bonds is 2. The van der Waals surface area contributed by atoms with Crippen LogP contribution in [-0.4, -0.2) is 37.1 Å². The molecule has 3 heterocycles. The monoisotopic (exact) mass is 333 g/mol. The maximum Gasteiger partial charge on any atom is 0.142 e. The molecule has 2 bridgehead atoms. The molecule has 0 aliphatic carbocycles. The van der Waals surface area contributed by atoms with Crippen molar-refractivity contribution in [2.45, 2.75) is 31.3 Å². The van der Waals surface area contributed by atoms with Gasteiger partial charge in [0.1, 0.15) is 17.5 Å². The molecule has 0 radical (unpaired) electrons. The first kappa shape index (κ1) is 15.9. The van der Waals surface area contributed by atoms with Crippen LogP contribution in [0.25, 0.3) is 11.1 Å². The molecule has 2 atom stereocenters. The minimum atomic E-state index is 0.331. The zero-order valence-electron chi connectivity index (χ0n) is 15.0. The first-order valence-electron chi connectivity index (χ1n) is 8.73. The minimum absolute atomic E-state index is 0.331. The van der Waals surface area contributed by atoms with Gasteiger partial charge in [-0.2, -0.15) is 5.26 Å². The summed E-state index contributed by atoms with van der Waals surface area (Å²) in [6.45, 7) is 0. The van der Waals surface area contributed by atoms with Crippen LogP contribution in [0.15, 0.2) is 24.3 Å². The number of pyridine rings is 1. The predicted octanol–water partition coefficient (Wildman–Crippen LogP) is 2.96. The number of fused-ring (bicyclic) bond motifs is 4. The number of benzene rings is 1. The third kappa shape index (κ3) is 2.37. The number of nitrogens with two attached hydrogens (primary N) is 1. The summed E-state index contributed by atoms with van der Waals surface area (Å²) in [7, 11) is 6.23. The summed E-state index contributed by atoms with van der Waals surface area (Å²) in [5.41, 5.74) is 12.1. The molecular formula is C20H23N5. The SMILES string of the molecule is CN(C)c1ccc(-c2c(C#N)c(N)nc3c2[C@H]2CC[C@@H](C3)N2C)cc1. The molecule has 25 heavy (non-hydrogen) atoms. The van der Waals surface area contributed by atoms with E-state index in [1.165, 1.54) is 12.0 Å². The van der Waals surface area contributed by atoms with Crippen molar-refractivity contribution in [2.75, 3.05) is 31.8 Å². The zero-order chi connectivity index (χ0) is 17.7. The smallest absolute Gasteiger partial charge is 0.142 e. The summed E-state index contributed by atoms with van der Waals surface area (Å²) in [6.07, 6.45) is 3.22. The van der Waals surface area contributed by atoms with Crippen molar-refractivity contribution < 1.29 is 0 Å². The van der Waals surface area contributed by atoms with E-state index in [0.29, 0.717) is 23.5 Å². The molecule has 0 unspecified atom stereocenters. The summed E-state index contributed by atoms with van der Waals surface area (Å²) in [5.74, 6) is 0.358. The van der Waals surface area contributed by atoms with Gasteiger partial charge in [0.25, 0.3) is 0 Å². The molecule has 1 saturated heterocycles. The fourth-order valence-electron chi connectivity index (χ4n) is 4.35. The quantitative estimate of drug-likeness (QED) is 0.915. The van der Waals surface area contributed by atoms with Gasteiger partial charge in [0.05, 0.1) is 0 Å². The molecule has 1 fully saturated rings. The van der Waals surface area contributed by atoms with Crippen LogP contribution >= 0.6 is 0 Å². The Hall–Kier alpha value is -2.58. The zero-order valence-corrected chi connectivity index (χ0v) is 15.0. The molecule has 5 heteroatoms. The van der Waals surface area contributed by atoms with Crippen LogP contribution in [0.3, 0.4) is 0 Å². The Labute approximate surface area is 148 Å². The second kappa shape index (κ2) is 5.75. The van der Waals surface area contributed by atoms with Gasteiger partial charge >= 0.3 is 0 Å². The highest BCUT2D eigenvalue weighted by molar-refractivity contribution is 5.80. The minimum Gasteiger partial charge on any atom is -0.383 e. The van der Waals surface area contributed by atoms with Gasteiger partial charge < -0.3 is 10.6 Å². The molecule has 1 aromatic carbocycles. The average Bonchev–Trinajstić information content (AvgIpc) is 2.84. The van der Waals surface area contributed by atoms with Gasteiger partial charge in [-0.05, 0) is 37.6 Å². The van der Waals surface area contributed by atoms with Crippen LogP contribution in [0.5, 0.6) is 0 Å². The third-order valence-electron chi connectivity index (χ3n) is 5.73. The molecule has 128 valence electrons. The standard InChI is InChI=1S/C20H23N5/c1-24(2)13-6-4-12(5-7-13)18-15(11-21)20(22)23-16-10-14-8-9-17(19(16)18)25(14)3/h4-7,14,17H,8-10H2,1-3H3,(H2,22,23)/t14-,17+/m0/s1. The summed E-state index contributed by atoms with van der Waals surface area (Å²) >= 11 is 0. The van der Waals surface area contributed by atoms with Crippen molar-refractivity contribution in [1.29, 1.82) is 5.26 Å². The van der Waals surface area contributed by atoms with Crippen molar-refractivity contribution >= 4 is 11.5 Å². The molecule has 2 aromatic rings. The number of anilines is 2. The molecule has 2 aliphatic heterocycles. The molecule has 4 rings (SSSR count). The summed E-state index contributed by atoms with van der Waals surface area (Å²) in [5, 5.41) is 9.75. The molecule has 2 N–H and O–H groups in total. The lowest BCUT2D eigenvalue weighted by molar-refractivity contribution is 0.222. The Balaban J connectivity index is 1.95. The van der Waals surface area contributed by atoms with Gasteiger partial charge in [-0.1, -0.05) is 12.1 Å². The average molecular weight is 333 g/mol. The van der Waals surface area contributed by atoms with Gasteiger partial charge in [-0.25, -0.2) is 4.98 Å². The van der Waals surface area contributed by atoms with Crippen molar-refractivity contribution in [2.24, 2.45) is 0 Å². The maximum absolute atomic E-state index is 9.75. The summed E-state index contributed by atoms with van der Waals surface area (Å²) in [4.78, 5) is 9.13. The Bertz CT molecular complexity index is 863. The maximum atomic E-state index is 9.75. The largest absolute Gasteiger partial charge is 0.383 e. The van der Waals surface area contributed by atoms with Gasteiger partial charge in [0.15, 0.2) is 0 Å². The summed E-state index contributed by atoms with van der Waals surface area (Å²) < 4.78 is 0. The van der Waals surface area contributed by atoms with Crippen LogP contribution < -0.4 is 10.6 Å². The van der Waals surface area contributed by atoms with E-state index in [0.717, 1.165) is 35.3 Å². The van der Waals surface area contributed by atoms with E-state index in [1.807, 2.05) is 14.1 Å². The molecule has 0 amide bonds.